The van der Waals surface area contributed by atoms with Crippen LogP contribution < -0.4 is 4.74 Å². The molecule has 0 unspecified atom stereocenters. The zero-order valence-electron chi connectivity index (χ0n) is 12.9. The van der Waals surface area contributed by atoms with E-state index in [1.54, 1.807) is 36.9 Å². The second-order valence-corrected chi connectivity index (χ2v) is 5.25. The molecule has 2 aromatic carbocycles. The van der Waals surface area contributed by atoms with Gasteiger partial charge in [-0.05, 0) is 30.3 Å². The second-order valence-electron chi connectivity index (χ2n) is 5.25. The van der Waals surface area contributed by atoms with Crippen molar-refractivity contribution in [2.75, 3.05) is 7.11 Å². The van der Waals surface area contributed by atoms with Gasteiger partial charge < -0.3 is 9.84 Å². The van der Waals surface area contributed by atoms with Gasteiger partial charge in [-0.1, -0.05) is 12.1 Å². The SMILES string of the molecule is COc1cc(-c2cncc(-n3cnc4ccccc43)n2)ccc1O. The van der Waals surface area contributed by atoms with Gasteiger partial charge in [0.15, 0.2) is 17.3 Å². The lowest BCUT2D eigenvalue weighted by molar-refractivity contribution is 0.373. The van der Waals surface area contributed by atoms with E-state index in [1.807, 2.05) is 28.8 Å². The smallest absolute Gasteiger partial charge is 0.161 e. The number of imidazole rings is 1. The fourth-order valence-corrected chi connectivity index (χ4v) is 2.59. The van der Waals surface area contributed by atoms with E-state index in [9.17, 15) is 5.11 Å². The summed E-state index contributed by atoms with van der Waals surface area (Å²) in [6, 6.07) is 12.9. The Morgan fingerprint density at radius 2 is 1.96 bits per heavy atom. The first-order chi connectivity index (χ1) is 11.8. The Bertz CT molecular complexity index is 1030. The number of nitrogens with zero attached hydrogens (tertiary/aromatic N) is 4. The number of fused-ring (bicyclic) bond motifs is 1. The van der Waals surface area contributed by atoms with E-state index in [0.29, 0.717) is 17.3 Å². The number of aromatic hydroxyl groups is 1. The number of ether oxygens (including phenoxy) is 1. The number of hydrogen-bond donors (Lipinski definition) is 1. The van der Waals surface area contributed by atoms with Crippen LogP contribution in [-0.4, -0.2) is 31.7 Å². The lowest BCUT2D eigenvalue weighted by Crippen LogP contribution is -1.98. The number of phenolic OH excluding ortho intramolecular Hbond substituents is 1. The Balaban J connectivity index is 1.82. The second kappa shape index (κ2) is 5.66. The van der Waals surface area contributed by atoms with Crippen LogP contribution in [0.2, 0.25) is 0 Å². The van der Waals surface area contributed by atoms with Gasteiger partial charge in [-0.15, -0.1) is 0 Å². The van der Waals surface area contributed by atoms with E-state index in [-0.39, 0.29) is 5.75 Å². The number of methoxy groups -OCH3 is 1. The third-order valence-corrected chi connectivity index (χ3v) is 3.80. The summed E-state index contributed by atoms with van der Waals surface area (Å²) in [6.45, 7) is 0. The number of phenols is 1. The summed E-state index contributed by atoms with van der Waals surface area (Å²) in [5.41, 5.74) is 3.36. The summed E-state index contributed by atoms with van der Waals surface area (Å²) in [5.74, 6) is 1.16. The highest BCUT2D eigenvalue weighted by atomic mass is 16.5. The average Bonchev–Trinajstić information content (AvgIpc) is 3.06. The summed E-state index contributed by atoms with van der Waals surface area (Å²) >= 11 is 0. The maximum Gasteiger partial charge on any atom is 0.161 e. The average molecular weight is 318 g/mol. The normalized spacial score (nSPS) is 10.9. The molecule has 0 saturated heterocycles. The fourth-order valence-electron chi connectivity index (χ4n) is 2.59. The van der Waals surface area contributed by atoms with Crippen molar-refractivity contribution in [2.24, 2.45) is 0 Å². The van der Waals surface area contributed by atoms with E-state index in [2.05, 4.69) is 15.0 Å². The van der Waals surface area contributed by atoms with Gasteiger partial charge >= 0.3 is 0 Å². The summed E-state index contributed by atoms with van der Waals surface area (Å²) < 4.78 is 7.05. The van der Waals surface area contributed by atoms with Gasteiger partial charge in [0.2, 0.25) is 0 Å². The first kappa shape index (κ1) is 14.2. The molecular formula is C18H14N4O2. The highest BCUT2D eigenvalue weighted by molar-refractivity contribution is 5.77. The van der Waals surface area contributed by atoms with Crippen LogP contribution in [0.15, 0.2) is 61.2 Å². The molecule has 0 spiro atoms. The third kappa shape index (κ3) is 2.34. The maximum absolute atomic E-state index is 9.73. The van der Waals surface area contributed by atoms with Crippen molar-refractivity contribution in [3.8, 4) is 28.6 Å². The molecule has 0 fully saturated rings. The van der Waals surface area contributed by atoms with Gasteiger partial charge in [-0.2, -0.15) is 0 Å². The summed E-state index contributed by atoms with van der Waals surface area (Å²) in [4.78, 5) is 13.3. The molecule has 6 nitrogen and oxygen atoms in total. The number of aromatic nitrogens is 4. The lowest BCUT2D eigenvalue weighted by Gasteiger charge is -2.08. The first-order valence-corrected chi connectivity index (χ1v) is 7.38. The zero-order chi connectivity index (χ0) is 16.5. The molecule has 24 heavy (non-hydrogen) atoms. The van der Waals surface area contributed by atoms with Gasteiger partial charge in [0.25, 0.3) is 0 Å². The molecule has 0 aliphatic rings. The van der Waals surface area contributed by atoms with Crippen molar-refractivity contribution < 1.29 is 9.84 Å². The highest BCUT2D eigenvalue weighted by Gasteiger charge is 2.09. The summed E-state index contributed by atoms with van der Waals surface area (Å²) in [5, 5.41) is 9.73. The van der Waals surface area contributed by atoms with Crippen LogP contribution in [0.5, 0.6) is 11.5 Å². The minimum absolute atomic E-state index is 0.0889. The van der Waals surface area contributed by atoms with E-state index < -0.39 is 0 Å². The molecule has 4 aromatic rings. The quantitative estimate of drug-likeness (QED) is 0.628. The Hall–Kier alpha value is -3.41. The van der Waals surface area contributed by atoms with Crippen LogP contribution in [0.1, 0.15) is 0 Å². The molecule has 0 amide bonds. The number of rotatable bonds is 3. The molecule has 0 saturated carbocycles. The van der Waals surface area contributed by atoms with Gasteiger partial charge in [-0.3, -0.25) is 9.55 Å². The number of para-hydroxylation sites is 2. The molecule has 2 aromatic heterocycles. The topological polar surface area (TPSA) is 73.1 Å². The van der Waals surface area contributed by atoms with Crippen molar-refractivity contribution >= 4 is 11.0 Å². The van der Waals surface area contributed by atoms with Crippen molar-refractivity contribution in [3.63, 3.8) is 0 Å². The minimum Gasteiger partial charge on any atom is -0.504 e. The summed E-state index contributed by atoms with van der Waals surface area (Å²) in [7, 11) is 1.51. The monoisotopic (exact) mass is 318 g/mol. The standard InChI is InChI=1S/C18H14N4O2/c1-24-17-8-12(6-7-16(17)23)14-9-19-10-18(21-14)22-11-20-13-4-2-3-5-15(13)22/h2-11,23H,1H3. The van der Waals surface area contributed by atoms with Crippen LogP contribution in [0.25, 0.3) is 28.1 Å². The van der Waals surface area contributed by atoms with Gasteiger partial charge in [-0.25, -0.2) is 9.97 Å². The van der Waals surface area contributed by atoms with E-state index in [4.69, 9.17) is 4.74 Å². The Morgan fingerprint density at radius 3 is 2.83 bits per heavy atom. The van der Waals surface area contributed by atoms with Crippen molar-refractivity contribution in [3.05, 3.63) is 61.2 Å². The van der Waals surface area contributed by atoms with Crippen LogP contribution in [0, 0.1) is 0 Å². The number of hydrogen-bond acceptors (Lipinski definition) is 5. The molecule has 4 rings (SSSR count). The van der Waals surface area contributed by atoms with E-state index in [0.717, 1.165) is 16.6 Å². The predicted octanol–water partition coefficient (Wildman–Crippen LogP) is 3.20. The lowest BCUT2D eigenvalue weighted by atomic mass is 10.1. The molecule has 0 aliphatic heterocycles. The number of benzene rings is 2. The van der Waals surface area contributed by atoms with Gasteiger partial charge in [0.05, 0.1) is 36.2 Å². The Kier molecular flexibility index (Phi) is 3.35. The van der Waals surface area contributed by atoms with Crippen molar-refractivity contribution in [1.82, 2.24) is 19.5 Å². The highest BCUT2D eigenvalue weighted by Crippen LogP contribution is 2.30. The van der Waals surface area contributed by atoms with Gasteiger partial charge in [0.1, 0.15) is 6.33 Å². The van der Waals surface area contributed by atoms with E-state index in [1.165, 1.54) is 7.11 Å². The predicted molar refractivity (Wildman–Crippen MR) is 90.3 cm³/mol. The Labute approximate surface area is 138 Å². The largest absolute Gasteiger partial charge is 0.504 e. The fraction of sp³-hybridized carbons (Fsp3) is 0.0556. The minimum atomic E-state index is 0.0889. The molecule has 0 bridgehead atoms. The molecular weight excluding hydrogens is 304 g/mol. The molecule has 0 aliphatic carbocycles. The van der Waals surface area contributed by atoms with E-state index >= 15 is 0 Å². The van der Waals surface area contributed by atoms with Crippen LogP contribution in [0.3, 0.4) is 0 Å². The summed E-state index contributed by atoms with van der Waals surface area (Å²) in [6.07, 6.45) is 5.10. The van der Waals surface area contributed by atoms with Crippen LogP contribution >= 0.6 is 0 Å². The molecule has 6 heteroatoms. The molecule has 0 atom stereocenters. The van der Waals surface area contributed by atoms with Crippen molar-refractivity contribution in [1.29, 1.82) is 0 Å². The molecule has 0 radical (unpaired) electrons. The molecule has 1 N–H and O–H groups in total. The maximum atomic E-state index is 9.73. The van der Waals surface area contributed by atoms with Crippen molar-refractivity contribution in [2.45, 2.75) is 0 Å². The molecule has 2 heterocycles. The first-order valence-electron chi connectivity index (χ1n) is 7.38. The zero-order valence-corrected chi connectivity index (χ0v) is 12.9. The van der Waals surface area contributed by atoms with Gasteiger partial charge in [0, 0.05) is 5.56 Å². The third-order valence-electron chi connectivity index (χ3n) is 3.80. The molecule has 118 valence electrons. The van der Waals surface area contributed by atoms with Crippen LogP contribution in [-0.2, 0) is 0 Å². The Morgan fingerprint density at radius 1 is 1.08 bits per heavy atom. The van der Waals surface area contributed by atoms with Crippen LogP contribution in [0.4, 0.5) is 0 Å².